The molecule has 0 aliphatic carbocycles. The number of carbonyl (C=O) groups is 1. The van der Waals surface area contributed by atoms with Gasteiger partial charge in [0.25, 0.3) is 0 Å². The number of nitrogens with one attached hydrogen (secondary N) is 1. The Morgan fingerprint density at radius 1 is 1.36 bits per heavy atom. The predicted molar refractivity (Wildman–Crippen MR) is 106 cm³/mol. The van der Waals surface area contributed by atoms with Gasteiger partial charge >= 0.3 is 0 Å². The molecule has 1 saturated heterocycles. The molecule has 1 aromatic carbocycles. The van der Waals surface area contributed by atoms with Crippen molar-refractivity contribution in [2.75, 3.05) is 18.5 Å². The number of nitrogens with zero attached hydrogens (tertiary/aromatic N) is 3. The summed E-state index contributed by atoms with van der Waals surface area (Å²) in [6, 6.07) is 11.1. The highest BCUT2D eigenvalue weighted by molar-refractivity contribution is 5.78. The highest BCUT2D eigenvalue weighted by Crippen LogP contribution is 2.23. The smallest absolute Gasteiger partial charge is 0.237 e. The molecule has 144 valence electrons. The minimum atomic E-state index is 0.113. The first-order valence-corrected chi connectivity index (χ1v) is 9.20. The molecule has 3 heterocycles. The lowest BCUT2D eigenvalue weighted by Gasteiger charge is -2.26. The first kappa shape index (κ1) is 18.2. The highest BCUT2D eigenvalue weighted by Gasteiger charge is 2.19. The molecule has 2 aromatic heterocycles. The second-order valence-electron chi connectivity index (χ2n) is 7.06. The van der Waals surface area contributed by atoms with Gasteiger partial charge in [-0.25, -0.2) is 9.50 Å². The van der Waals surface area contributed by atoms with E-state index in [2.05, 4.69) is 22.0 Å². The van der Waals surface area contributed by atoms with Crippen LogP contribution in [0.5, 0.6) is 11.6 Å². The summed E-state index contributed by atoms with van der Waals surface area (Å²) in [5, 5.41) is 7.68. The molecule has 7 heteroatoms. The van der Waals surface area contributed by atoms with Crippen LogP contribution in [0.4, 0.5) is 5.82 Å². The first-order valence-electron chi connectivity index (χ1n) is 9.20. The van der Waals surface area contributed by atoms with Crippen LogP contribution in [0, 0.1) is 5.92 Å². The SMILES string of the molecule is C=C(CC1COC1)Nc1cn2nc(Oc3cccc(CC(C)=O)c3)ccc2n1. The zero-order valence-electron chi connectivity index (χ0n) is 15.7. The van der Waals surface area contributed by atoms with E-state index in [4.69, 9.17) is 9.47 Å². The van der Waals surface area contributed by atoms with Gasteiger partial charge < -0.3 is 14.8 Å². The first-order chi connectivity index (χ1) is 13.5. The summed E-state index contributed by atoms with van der Waals surface area (Å²) in [6.07, 6.45) is 3.06. The van der Waals surface area contributed by atoms with Gasteiger partial charge in [-0.1, -0.05) is 18.7 Å². The molecule has 7 nitrogen and oxygen atoms in total. The second-order valence-corrected chi connectivity index (χ2v) is 7.06. The third kappa shape index (κ3) is 4.37. The third-order valence-electron chi connectivity index (χ3n) is 4.42. The van der Waals surface area contributed by atoms with Crippen LogP contribution < -0.4 is 10.1 Å². The number of fused-ring (bicyclic) bond motifs is 1. The molecule has 3 aromatic rings. The number of imidazole rings is 1. The number of hydrogen-bond donors (Lipinski definition) is 1. The Bertz CT molecular complexity index is 1020. The minimum absolute atomic E-state index is 0.113. The van der Waals surface area contributed by atoms with E-state index in [1.807, 2.05) is 30.3 Å². The highest BCUT2D eigenvalue weighted by atomic mass is 16.5. The van der Waals surface area contributed by atoms with Crippen molar-refractivity contribution in [3.63, 3.8) is 0 Å². The summed E-state index contributed by atoms with van der Waals surface area (Å²) < 4.78 is 12.7. The molecular formula is C21H22N4O3. The number of aromatic nitrogens is 3. The largest absolute Gasteiger partial charge is 0.438 e. The molecule has 0 unspecified atom stereocenters. The normalized spacial score (nSPS) is 13.9. The van der Waals surface area contributed by atoms with Gasteiger partial charge in [0.05, 0.1) is 19.4 Å². The van der Waals surface area contributed by atoms with Gasteiger partial charge in [0.15, 0.2) is 11.5 Å². The maximum Gasteiger partial charge on any atom is 0.237 e. The Kier molecular flexibility index (Phi) is 5.08. The van der Waals surface area contributed by atoms with Gasteiger partial charge in [-0.15, -0.1) is 5.10 Å². The lowest BCUT2D eigenvalue weighted by molar-refractivity contribution is -0.116. The molecule has 0 amide bonds. The zero-order valence-corrected chi connectivity index (χ0v) is 15.7. The molecule has 0 bridgehead atoms. The fourth-order valence-electron chi connectivity index (χ4n) is 3.09. The summed E-state index contributed by atoms with van der Waals surface area (Å²) in [7, 11) is 0. The summed E-state index contributed by atoms with van der Waals surface area (Å²) >= 11 is 0. The van der Waals surface area contributed by atoms with E-state index in [9.17, 15) is 4.79 Å². The average Bonchev–Trinajstić information content (AvgIpc) is 2.99. The van der Waals surface area contributed by atoms with Crippen molar-refractivity contribution in [2.24, 2.45) is 5.92 Å². The van der Waals surface area contributed by atoms with Crippen molar-refractivity contribution in [2.45, 2.75) is 19.8 Å². The number of benzene rings is 1. The van der Waals surface area contributed by atoms with Gasteiger partial charge in [0.2, 0.25) is 5.88 Å². The summed E-state index contributed by atoms with van der Waals surface area (Å²) in [5.74, 6) is 2.43. The topological polar surface area (TPSA) is 77.8 Å². The number of anilines is 1. The van der Waals surface area contributed by atoms with Gasteiger partial charge in [-0.2, -0.15) is 0 Å². The molecule has 1 aliphatic rings. The molecular weight excluding hydrogens is 356 g/mol. The Morgan fingerprint density at radius 3 is 2.96 bits per heavy atom. The molecule has 4 rings (SSSR count). The van der Waals surface area contributed by atoms with Crippen molar-refractivity contribution in [1.29, 1.82) is 0 Å². The number of Topliss-reactive ketones (excluding diaryl/α,β-unsaturated/α-hetero) is 1. The quantitative estimate of drug-likeness (QED) is 0.645. The van der Waals surface area contributed by atoms with Crippen LogP contribution in [0.15, 0.2) is 54.9 Å². The average molecular weight is 378 g/mol. The van der Waals surface area contributed by atoms with Crippen LogP contribution in [-0.2, 0) is 16.0 Å². The van der Waals surface area contributed by atoms with Gasteiger partial charge in [-0.3, -0.25) is 4.79 Å². The van der Waals surface area contributed by atoms with Gasteiger partial charge in [0.1, 0.15) is 11.5 Å². The standard InChI is InChI=1S/C21H22N4O3/c1-14(8-17-12-27-13-17)22-19-11-25-20(23-19)6-7-21(24-25)28-18-5-3-4-16(10-18)9-15(2)26/h3-7,10-11,17,22H,1,8-9,12-13H2,2H3. The Labute approximate surface area is 163 Å². The van der Waals surface area contributed by atoms with Crippen molar-refractivity contribution >= 4 is 17.2 Å². The summed E-state index contributed by atoms with van der Waals surface area (Å²) in [4.78, 5) is 15.8. The van der Waals surface area contributed by atoms with E-state index in [-0.39, 0.29) is 5.78 Å². The maximum atomic E-state index is 11.3. The van der Waals surface area contributed by atoms with Crippen LogP contribution in [0.25, 0.3) is 5.65 Å². The number of ketones is 1. The molecule has 1 aliphatic heterocycles. The van der Waals surface area contributed by atoms with Crippen molar-refractivity contribution in [3.8, 4) is 11.6 Å². The van der Waals surface area contributed by atoms with E-state index < -0.39 is 0 Å². The molecule has 0 atom stereocenters. The van der Waals surface area contributed by atoms with Crippen LogP contribution >= 0.6 is 0 Å². The second kappa shape index (κ2) is 7.82. The number of allylic oxidation sites excluding steroid dienone is 1. The van der Waals surface area contributed by atoms with Crippen LogP contribution in [0.2, 0.25) is 0 Å². The predicted octanol–water partition coefficient (Wildman–Crippen LogP) is 3.62. The fraction of sp³-hybridized carbons (Fsp3) is 0.286. The number of rotatable bonds is 8. The van der Waals surface area contributed by atoms with Crippen molar-refractivity contribution in [1.82, 2.24) is 14.6 Å². The molecule has 28 heavy (non-hydrogen) atoms. The van der Waals surface area contributed by atoms with E-state index >= 15 is 0 Å². The number of hydrogen-bond acceptors (Lipinski definition) is 6. The number of ether oxygens (including phenoxy) is 2. The summed E-state index contributed by atoms with van der Waals surface area (Å²) in [5.41, 5.74) is 2.53. The van der Waals surface area contributed by atoms with Crippen LogP contribution in [-0.4, -0.2) is 33.6 Å². The Balaban J connectivity index is 1.45. The van der Waals surface area contributed by atoms with E-state index in [0.717, 1.165) is 30.9 Å². The monoisotopic (exact) mass is 378 g/mol. The fourth-order valence-corrected chi connectivity index (χ4v) is 3.09. The molecule has 1 fully saturated rings. The lowest BCUT2D eigenvalue weighted by atomic mass is 10.0. The van der Waals surface area contributed by atoms with Gasteiger partial charge in [0, 0.05) is 24.1 Å². The van der Waals surface area contributed by atoms with Crippen molar-refractivity contribution < 1.29 is 14.3 Å². The van der Waals surface area contributed by atoms with E-state index in [0.29, 0.717) is 35.4 Å². The van der Waals surface area contributed by atoms with E-state index in [1.165, 1.54) is 0 Å². The minimum Gasteiger partial charge on any atom is -0.438 e. The molecule has 0 radical (unpaired) electrons. The zero-order chi connectivity index (χ0) is 19.5. The lowest BCUT2D eigenvalue weighted by Crippen LogP contribution is -2.28. The van der Waals surface area contributed by atoms with Gasteiger partial charge in [-0.05, 0) is 37.1 Å². The molecule has 0 saturated carbocycles. The Morgan fingerprint density at radius 2 is 2.21 bits per heavy atom. The van der Waals surface area contributed by atoms with E-state index in [1.54, 1.807) is 23.7 Å². The molecule has 0 spiro atoms. The van der Waals surface area contributed by atoms with Crippen molar-refractivity contribution in [3.05, 3.63) is 60.4 Å². The Hall–Kier alpha value is -3.19. The van der Waals surface area contributed by atoms with Crippen LogP contribution in [0.1, 0.15) is 18.9 Å². The van der Waals surface area contributed by atoms with Crippen LogP contribution in [0.3, 0.4) is 0 Å². The maximum absolute atomic E-state index is 11.3. The number of carbonyl (C=O) groups excluding carboxylic acids is 1. The summed E-state index contributed by atoms with van der Waals surface area (Å²) in [6.45, 7) is 7.22. The molecule has 1 N–H and O–H groups in total. The third-order valence-corrected chi connectivity index (χ3v) is 4.42.